The van der Waals surface area contributed by atoms with Crippen LogP contribution in [-0.4, -0.2) is 16.3 Å². The number of aryl methyl sites for hydroxylation is 2. The molecule has 0 unspecified atom stereocenters. The smallest absolute Gasteiger partial charge is 0.133 e. The first-order chi connectivity index (χ1) is 12.6. The van der Waals surface area contributed by atoms with Gasteiger partial charge in [0.15, 0.2) is 0 Å². The molecule has 0 spiro atoms. The van der Waals surface area contributed by atoms with Gasteiger partial charge in [0.25, 0.3) is 0 Å². The maximum Gasteiger partial charge on any atom is 0.133 e. The topological polar surface area (TPSA) is 29.9 Å². The quantitative estimate of drug-likeness (QED) is 0.665. The van der Waals surface area contributed by atoms with Crippen LogP contribution in [0.25, 0.3) is 5.69 Å². The van der Waals surface area contributed by atoms with Gasteiger partial charge in [0.1, 0.15) is 5.82 Å². The highest BCUT2D eigenvalue weighted by atomic mass is 35.5. The largest absolute Gasteiger partial charge is 0.370 e. The van der Waals surface area contributed by atoms with Crippen LogP contribution in [0.1, 0.15) is 40.8 Å². The van der Waals surface area contributed by atoms with E-state index in [1.807, 2.05) is 18.2 Å². The van der Waals surface area contributed by atoms with E-state index in [0.29, 0.717) is 0 Å². The molecule has 3 nitrogen and oxygen atoms in total. The molecule has 26 heavy (non-hydrogen) atoms. The molecule has 1 N–H and O–H groups in total. The first-order valence-electron chi connectivity index (χ1n) is 9.29. The van der Waals surface area contributed by atoms with Crippen molar-refractivity contribution in [2.45, 2.75) is 39.5 Å². The molecule has 134 valence electrons. The predicted molar refractivity (Wildman–Crippen MR) is 109 cm³/mol. The van der Waals surface area contributed by atoms with E-state index in [-0.39, 0.29) is 0 Å². The number of rotatable bonds is 3. The first-order valence-corrected chi connectivity index (χ1v) is 9.67. The van der Waals surface area contributed by atoms with Crippen LogP contribution in [0.2, 0.25) is 5.02 Å². The van der Waals surface area contributed by atoms with Crippen molar-refractivity contribution >= 4 is 17.4 Å². The summed E-state index contributed by atoms with van der Waals surface area (Å²) in [5.74, 6) is 1.15. The van der Waals surface area contributed by atoms with Crippen LogP contribution in [0.3, 0.4) is 0 Å². The molecule has 0 fully saturated rings. The molecule has 0 bridgehead atoms. The minimum Gasteiger partial charge on any atom is -0.370 e. The summed E-state index contributed by atoms with van der Waals surface area (Å²) in [6.07, 6.45) is 4.20. The Labute approximate surface area is 160 Å². The average molecular weight is 366 g/mol. The van der Waals surface area contributed by atoms with Gasteiger partial charge in [0, 0.05) is 23.6 Å². The molecule has 0 atom stereocenters. The Morgan fingerprint density at radius 1 is 1.12 bits per heavy atom. The Bertz CT molecular complexity index is 943. The van der Waals surface area contributed by atoms with Crippen LogP contribution < -0.4 is 5.32 Å². The van der Waals surface area contributed by atoms with E-state index in [1.54, 1.807) is 0 Å². The lowest BCUT2D eigenvalue weighted by molar-refractivity contribution is 0.766. The van der Waals surface area contributed by atoms with E-state index in [9.17, 15) is 0 Å². The van der Waals surface area contributed by atoms with Gasteiger partial charge in [0.05, 0.1) is 11.4 Å². The molecule has 4 heteroatoms. The van der Waals surface area contributed by atoms with Gasteiger partial charge in [-0.1, -0.05) is 41.9 Å². The molecule has 2 aromatic carbocycles. The van der Waals surface area contributed by atoms with E-state index in [0.717, 1.165) is 47.2 Å². The predicted octanol–water partition coefficient (Wildman–Crippen LogP) is 5.48. The van der Waals surface area contributed by atoms with Gasteiger partial charge >= 0.3 is 0 Å². The number of benzene rings is 2. The van der Waals surface area contributed by atoms with Gasteiger partial charge in [-0.05, 0) is 61.9 Å². The van der Waals surface area contributed by atoms with Crippen LogP contribution in [0.15, 0.2) is 42.5 Å². The van der Waals surface area contributed by atoms with Gasteiger partial charge in [0.2, 0.25) is 0 Å². The zero-order valence-corrected chi connectivity index (χ0v) is 16.1. The molecule has 1 aliphatic heterocycles. The van der Waals surface area contributed by atoms with E-state index in [4.69, 9.17) is 16.7 Å². The summed E-state index contributed by atoms with van der Waals surface area (Å²) in [4.78, 5) is 0. The number of halogens is 1. The lowest BCUT2D eigenvalue weighted by Crippen LogP contribution is -2.08. The van der Waals surface area contributed by atoms with Crippen molar-refractivity contribution in [2.24, 2.45) is 0 Å². The van der Waals surface area contributed by atoms with E-state index in [2.05, 4.69) is 48.1 Å². The maximum absolute atomic E-state index is 6.41. The number of fused-ring (bicyclic) bond motifs is 1. The first kappa shape index (κ1) is 17.2. The second kappa shape index (κ2) is 7.16. The SMILES string of the molecule is Cc1ccc(C)c(-n2nc(Cc3ccccc3Cl)c3c2NCCCC3)c1. The average Bonchev–Trinajstić information content (AvgIpc) is 2.81. The molecule has 0 aliphatic carbocycles. The number of nitrogens with one attached hydrogen (secondary N) is 1. The standard InChI is InChI=1S/C22H24ClN3/c1-15-10-11-16(2)21(13-15)26-22-18(8-5-6-12-24-22)20(25-26)14-17-7-3-4-9-19(17)23/h3-4,7,9-11,13,24H,5-6,8,12,14H2,1-2H3. The second-order valence-electron chi connectivity index (χ2n) is 7.13. The molecule has 0 amide bonds. The fraction of sp³-hybridized carbons (Fsp3) is 0.318. The summed E-state index contributed by atoms with van der Waals surface area (Å²) >= 11 is 6.41. The van der Waals surface area contributed by atoms with Crippen molar-refractivity contribution in [3.05, 3.63) is 75.4 Å². The second-order valence-corrected chi connectivity index (χ2v) is 7.53. The third-order valence-corrected chi connectivity index (χ3v) is 5.49. The monoisotopic (exact) mass is 365 g/mol. The van der Waals surface area contributed by atoms with Crippen LogP contribution in [0.4, 0.5) is 5.82 Å². The van der Waals surface area contributed by atoms with Crippen molar-refractivity contribution in [3.63, 3.8) is 0 Å². The molecule has 3 aromatic rings. The van der Waals surface area contributed by atoms with Crippen LogP contribution >= 0.6 is 11.6 Å². The minimum atomic E-state index is 0.765. The number of hydrogen-bond donors (Lipinski definition) is 1. The molecule has 4 rings (SSSR count). The molecule has 0 radical (unpaired) electrons. The van der Waals surface area contributed by atoms with Crippen LogP contribution in [0.5, 0.6) is 0 Å². The third-order valence-electron chi connectivity index (χ3n) is 5.12. The van der Waals surface area contributed by atoms with Crippen LogP contribution in [0, 0.1) is 13.8 Å². The minimum absolute atomic E-state index is 0.765. The summed E-state index contributed by atoms with van der Waals surface area (Å²) in [5.41, 5.74) is 7.23. The van der Waals surface area contributed by atoms with Gasteiger partial charge in [-0.2, -0.15) is 5.10 Å². The highest BCUT2D eigenvalue weighted by Gasteiger charge is 2.22. The van der Waals surface area contributed by atoms with E-state index >= 15 is 0 Å². The number of anilines is 1. The Hall–Kier alpha value is -2.26. The molecular formula is C22H24ClN3. The normalized spacial score (nSPS) is 13.8. The Morgan fingerprint density at radius 2 is 1.96 bits per heavy atom. The highest BCUT2D eigenvalue weighted by Crippen LogP contribution is 2.31. The van der Waals surface area contributed by atoms with Crippen molar-refractivity contribution in [1.82, 2.24) is 9.78 Å². The molecule has 1 aliphatic rings. The van der Waals surface area contributed by atoms with E-state index < -0.39 is 0 Å². The fourth-order valence-electron chi connectivity index (χ4n) is 3.66. The van der Waals surface area contributed by atoms with Crippen molar-refractivity contribution in [2.75, 3.05) is 11.9 Å². The third kappa shape index (κ3) is 3.24. The van der Waals surface area contributed by atoms with Gasteiger partial charge in [-0.15, -0.1) is 0 Å². The zero-order chi connectivity index (χ0) is 18.1. The fourth-order valence-corrected chi connectivity index (χ4v) is 3.86. The summed E-state index contributed by atoms with van der Waals surface area (Å²) in [6.45, 7) is 5.27. The molecule has 0 saturated carbocycles. The zero-order valence-electron chi connectivity index (χ0n) is 15.3. The summed E-state index contributed by atoms with van der Waals surface area (Å²) < 4.78 is 2.11. The number of hydrogen-bond acceptors (Lipinski definition) is 2. The summed E-state index contributed by atoms with van der Waals surface area (Å²) in [6, 6.07) is 14.6. The summed E-state index contributed by atoms with van der Waals surface area (Å²) in [5, 5.41) is 9.47. The van der Waals surface area contributed by atoms with E-state index in [1.165, 1.54) is 29.5 Å². The van der Waals surface area contributed by atoms with Crippen LogP contribution in [-0.2, 0) is 12.8 Å². The van der Waals surface area contributed by atoms with Gasteiger partial charge < -0.3 is 5.32 Å². The lowest BCUT2D eigenvalue weighted by Gasteiger charge is -2.12. The Kier molecular flexibility index (Phi) is 4.73. The van der Waals surface area contributed by atoms with Crippen molar-refractivity contribution in [1.29, 1.82) is 0 Å². The maximum atomic E-state index is 6.41. The Morgan fingerprint density at radius 3 is 2.81 bits per heavy atom. The molecular weight excluding hydrogens is 342 g/mol. The van der Waals surface area contributed by atoms with Gasteiger partial charge in [-0.25, -0.2) is 4.68 Å². The Balaban J connectivity index is 1.84. The summed E-state index contributed by atoms with van der Waals surface area (Å²) in [7, 11) is 0. The lowest BCUT2D eigenvalue weighted by atomic mass is 10.0. The molecule has 0 saturated heterocycles. The van der Waals surface area contributed by atoms with Gasteiger partial charge in [-0.3, -0.25) is 0 Å². The number of aromatic nitrogens is 2. The van der Waals surface area contributed by atoms with Crippen molar-refractivity contribution < 1.29 is 0 Å². The molecule has 1 aromatic heterocycles. The molecule has 2 heterocycles. The highest BCUT2D eigenvalue weighted by molar-refractivity contribution is 6.31. The number of nitrogens with zero attached hydrogens (tertiary/aromatic N) is 2. The van der Waals surface area contributed by atoms with Crippen molar-refractivity contribution in [3.8, 4) is 5.69 Å².